The van der Waals surface area contributed by atoms with Crippen molar-refractivity contribution in [1.82, 2.24) is 4.98 Å². The number of carbonyl (C=O) groups is 1. The van der Waals surface area contributed by atoms with Crippen LogP contribution in [-0.2, 0) is 15.9 Å². The Kier molecular flexibility index (Phi) is 5.36. The molecule has 0 unspecified atom stereocenters. The normalized spacial score (nSPS) is 10.4. The van der Waals surface area contributed by atoms with Gasteiger partial charge in [-0.05, 0) is 0 Å². The van der Waals surface area contributed by atoms with Gasteiger partial charge in [0, 0.05) is 19.7 Å². The first kappa shape index (κ1) is 11.3. The first-order valence-electron chi connectivity index (χ1n) is 4.33. The average Bonchev–Trinajstić information content (AvgIpc) is 2.65. The van der Waals surface area contributed by atoms with Crippen molar-refractivity contribution in [3.05, 3.63) is 16.1 Å². The third-order valence-corrected chi connectivity index (χ3v) is 2.56. The topological polar surface area (TPSA) is 48.4 Å². The van der Waals surface area contributed by atoms with Gasteiger partial charge >= 0.3 is 0 Å². The number of carbonyl (C=O) groups excluding carboxylic acids is 1. The van der Waals surface area contributed by atoms with Crippen LogP contribution in [0.1, 0.15) is 14.7 Å². The zero-order valence-corrected chi connectivity index (χ0v) is 8.88. The van der Waals surface area contributed by atoms with E-state index < -0.39 is 0 Å². The van der Waals surface area contributed by atoms with Crippen LogP contribution in [0.4, 0.5) is 0 Å². The quantitative estimate of drug-likeness (QED) is 0.506. The van der Waals surface area contributed by atoms with E-state index in [-0.39, 0.29) is 0 Å². The van der Waals surface area contributed by atoms with E-state index in [0.717, 1.165) is 17.7 Å². The molecule has 0 amide bonds. The number of methoxy groups -OCH3 is 1. The lowest BCUT2D eigenvalue weighted by molar-refractivity contribution is 0.0722. The van der Waals surface area contributed by atoms with Crippen molar-refractivity contribution in [2.45, 2.75) is 6.42 Å². The third kappa shape index (κ3) is 3.95. The second kappa shape index (κ2) is 6.64. The van der Waals surface area contributed by atoms with Crippen molar-refractivity contribution in [1.29, 1.82) is 0 Å². The van der Waals surface area contributed by atoms with Gasteiger partial charge in [-0.1, -0.05) is 0 Å². The van der Waals surface area contributed by atoms with E-state index in [1.807, 2.05) is 0 Å². The van der Waals surface area contributed by atoms with Crippen molar-refractivity contribution in [2.75, 3.05) is 26.9 Å². The lowest BCUT2D eigenvalue weighted by Gasteiger charge is -2.00. The zero-order valence-electron chi connectivity index (χ0n) is 8.06. The maximum atomic E-state index is 10.4. The number of rotatable bonds is 7. The minimum absolute atomic E-state index is 0.600. The SMILES string of the molecule is COCCOCCc1ncc(C=O)s1. The molecule has 14 heavy (non-hydrogen) atoms. The highest BCUT2D eigenvalue weighted by Gasteiger charge is 2.00. The van der Waals surface area contributed by atoms with Gasteiger partial charge in [-0.15, -0.1) is 11.3 Å². The standard InChI is InChI=1S/C9H13NO3S/c1-12-4-5-13-3-2-9-10-6-8(7-11)14-9/h6-7H,2-5H2,1H3. The van der Waals surface area contributed by atoms with Crippen LogP contribution in [-0.4, -0.2) is 38.2 Å². The summed E-state index contributed by atoms with van der Waals surface area (Å²) in [5.41, 5.74) is 0. The molecule has 0 radical (unpaired) electrons. The van der Waals surface area contributed by atoms with E-state index in [1.165, 1.54) is 11.3 Å². The van der Waals surface area contributed by atoms with Crippen molar-refractivity contribution >= 4 is 17.6 Å². The van der Waals surface area contributed by atoms with E-state index in [2.05, 4.69) is 4.98 Å². The summed E-state index contributed by atoms with van der Waals surface area (Å²) >= 11 is 1.41. The molecular weight excluding hydrogens is 202 g/mol. The van der Waals surface area contributed by atoms with Gasteiger partial charge in [0.1, 0.15) is 0 Å². The van der Waals surface area contributed by atoms with Crippen molar-refractivity contribution in [3.63, 3.8) is 0 Å². The molecule has 0 saturated heterocycles. The molecule has 0 spiro atoms. The Hall–Kier alpha value is -0.780. The Labute approximate surface area is 86.9 Å². The summed E-state index contributed by atoms with van der Waals surface area (Å²) in [5.74, 6) is 0. The molecule has 4 nitrogen and oxygen atoms in total. The van der Waals surface area contributed by atoms with Crippen LogP contribution >= 0.6 is 11.3 Å². The molecule has 1 aromatic heterocycles. The summed E-state index contributed by atoms with van der Waals surface area (Å²) < 4.78 is 10.1. The molecule has 1 rings (SSSR count). The molecule has 0 N–H and O–H groups in total. The predicted octanol–water partition coefficient (Wildman–Crippen LogP) is 1.16. The zero-order chi connectivity index (χ0) is 10.2. The summed E-state index contributed by atoms with van der Waals surface area (Å²) in [7, 11) is 1.64. The molecule has 0 atom stereocenters. The van der Waals surface area contributed by atoms with Gasteiger partial charge < -0.3 is 9.47 Å². The van der Waals surface area contributed by atoms with Crippen molar-refractivity contribution in [2.24, 2.45) is 0 Å². The Morgan fingerprint density at radius 2 is 2.36 bits per heavy atom. The molecule has 1 heterocycles. The monoisotopic (exact) mass is 215 g/mol. The minimum atomic E-state index is 0.600. The van der Waals surface area contributed by atoms with E-state index >= 15 is 0 Å². The maximum absolute atomic E-state index is 10.4. The van der Waals surface area contributed by atoms with E-state index in [1.54, 1.807) is 13.3 Å². The van der Waals surface area contributed by atoms with Gasteiger partial charge in [-0.2, -0.15) is 0 Å². The van der Waals surface area contributed by atoms with Crippen LogP contribution in [0.25, 0.3) is 0 Å². The molecular formula is C9H13NO3S. The van der Waals surface area contributed by atoms with Gasteiger partial charge in [-0.3, -0.25) is 4.79 Å². The number of ether oxygens (including phenoxy) is 2. The predicted molar refractivity (Wildman–Crippen MR) is 53.9 cm³/mol. The van der Waals surface area contributed by atoms with Gasteiger partial charge in [0.25, 0.3) is 0 Å². The van der Waals surface area contributed by atoms with Crippen LogP contribution < -0.4 is 0 Å². The third-order valence-electron chi connectivity index (χ3n) is 1.58. The fraction of sp³-hybridized carbons (Fsp3) is 0.556. The fourth-order valence-corrected chi connectivity index (χ4v) is 1.61. The smallest absolute Gasteiger partial charge is 0.161 e. The Balaban J connectivity index is 2.14. The summed E-state index contributed by atoms with van der Waals surface area (Å²) in [6.07, 6.45) is 3.15. The molecule has 78 valence electrons. The van der Waals surface area contributed by atoms with Crippen LogP contribution in [0.15, 0.2) is 6.20 Å². The van der Waals surface area contributed by atoms with Crippen LogP contribution in [0.3, 0.4) is 0 Å². The van der Waals surface area contributed by atoms with Gasteiger partial charge in [0.2, 0.25) is 0 Å². The molecule has 5 heteroatoms. The van der Waals surface area contributed by atoms with Crippen LogP contribution in [0.2, 0.25) is 0 Å². The highest BCUT2D eigenvalue weighted by atomic mass is 32.1. The Bertz CT molecular complexity index is 275. The first-order chi connectivity index (χ1) is 6.86. The number of hydrogen-bond acceptors (Lipinski definition) is 5. The first-order valence-corrected chi connectivity index (χ1v) is 5.15. The second-order valence-corrected chi connectivity index (χ2v) is 3.78. The molecule has 0 aliphatic rings. The molecule has 1 aromatic rings. The van der Waals surface area contributed by atoms with E-state index in [0.29, 0.717) is 24.7 Å². The van der Waals surface area contributed by atoms with Crippen molar-refractivity contribution < 1.29 is 14.3 Å². The molecule has 0 fully saturated rings. The van der Waals surface area contributed by atoms with Crippen molar-refractivity contribution in [3.8, 4) is 0 Å². The Morgan fingerprint density at radius 3 is 3.00 bits per heavy atom. The minimum Gasteiger partial charge on any atom is -0.382 e. The summed E-state index contributed by atoms with van der Waals surface area (Å²) in [6, 6.07) is 0. The summed E-state index contributed by atoms with van der Waals surface area (Å²) in [5, 5.41) is 0.935. The second-order valence-electron chi connectivity index (χ2n) is 2.63. The van der Waals surface area contributed by atoms with Gasteiger partial charge in [0.05, 0.1) is 29.7 Å². The number of thiazole rings is 1. The highest BCUT2D eigenvalue weighted by Crippen LogP contribution is 2.10. The summed E-state index contributed by atoms with van der Waals surface area (Å²) in [4.78, 5) is 15.1. The fourth-order valence-electron chi connectivity index (χ4n) is 0.898. The molecule has 0 aliphatic heterocycles. The number of hydrogen-bond donors (Lipinski definition) is 0. The van der Waals surface area contributed by atoms with Gasteiger partial charge in [-0.25, -0.2) is 4.98 Å². The van der Waals surface area contributed by atoms with Crippen LogP contribution in [0.5, 0.6) is 0 Å². The van der Waals surface area contributed by atoms with Crippen LogP contribution in [0, 0.1) is 0 Å². The summed E-state index contributed by atoms with van der Waals surface area (Å²) in [6.45, 7) is 1.83. The number of nitrogens with zero attached hydrogens (tertiary/aromatic N) is 1. The number of aromatic nitrogens is 1. The highest BCUT2D eigenvalue weighted by molar-refractivity contribution is 7.13. The van der Waals surface area contributed by atoms with E-state index in [4.69, 9.17) is 9.47 Å². The molecule has 0 saturated carbocycles. The maximum Gasteiger partial charge on any atom is 0.161 e. The largest absolute Gasteiger partial charge is 0.382 e. The average molecular weight is 215 g/mol. The number of aldehydes is 1. The lowest BCUT2D eigenvalue weighted by atomic mass is 10.5. The van der Waals surface area contributed by atoms with E-state index in [9.17, 15) is 4.79 Å². The van der Waals surface area contributed by atoms with Gasteiger partial charge in [0.15, 0.2) is 6.29 Å². The molecule has 0 aliphatic carbocycles. The molecule has 0 bridgehead atoms. The Morgan fingerprint density at radius 1 is 1.50 bits per heavy atom. The lowest BCUT2D eigenvalue weighted by Crippen LogP contribution is -2.04. The molecule has 0 aromatic carbocycles.